The minimum Gasteiger partial charge on any atom is -0.334 e. The van der Waals surface area contributed by atoms with E-state index in [0.29, 0.717) is 29.8 Å². The summed E-state index contributed by atoms with van der Waals surface area (Å²) in [4.78, 5) is 24.9. The summed E-state index contributed by atoms with van der Waals surface area (Å²) in [5.74, 6) is -0.785. The highest BCUT2D eigenvalue weighted by Gasteiger charge is 2.20. The second-order valence-electron chi connectivity index (χ2n) is 7.19. The van der Waals surface area contributed by atoms with Crippen molar-refractivity contribution in [3.63, 3.8) is 0 Å². The number of sulfonamides is 1. The number of carbonyl (C=O) groups excluding carboxylic acids is 2. The van der Waals surface area contributed by atoms with Gasteiger partial charge in [-0.25, -0.2) is 17.6 Å². The van der Waals surface area contributed by atoms with E-state index >= 15 is 0 Å². The second kappa shape index (κ2) is 10.8. The fourth-order valence-electron chi connectivity index (χ4n) is 2.79. The summed E-state index contributed by atoms with van der Waals surface area (Å²) < 4.78 is 38.4. The molecule has 0 aliphatic rings. The third-order valence-corrected chi connectivity index (χ3v) is 4.96. The molecule has 0 fully saturated rings. The maximum atomic E-state index is 13.0. The van der Waals surface area contributed by atoms with Crippen LogP contribution in [0.4, 0.5) is 20.6 Å². The third kappa shape index (κ3) is 8.25. The molecule has 0 saturated carbocycles. The maximum absolute atomic E-state index is 13.0. The predicted molar refractivity (Wildman–Crippen MR) is 119 cm³/mol. The van der Waals surface area contributed by atoms with Gasteiger partial charge in [-0.1, -0.05) is 31.5 Å². The van der Waals surface area contributed by atoms with Crippen molar-refractivity contribution in [3.8, 4) is 0 Å². The van der Waals surface area contributed by atoms with Crippen molar-refractivity contribution in [2.24, 2.45) is 0 Å². The summed E-state index contributed by atoms with van der Waals surface area (Å²) in [6, 6.07) is 9.27. The van der Waals surface area contributed by atoms with Crippen LogP contribution in [0, 0.1) is 12.7 Å². The van der Waals surface area contributed by atoms with Crippen molar-refractivity contribution in [2.45, 2.75) is 39.3 Å². The van der Waals surface area contributed by atoms with Gasteiger partial charge in [0.15, 0.2) is 0 Å². The molecule has 0 aliphatic heterocycles. The Hall–Kier alpha value is -3.14. The smallest absolute Gasteiger partial charge is 0.315 e. The minimum atomic E-state index is -3.47. The molecule has 1 unspecified atom stereocenters. The largest absolute Gasteiger partial charge is 0.334 e. The van der Waals surface area contributed by atoms with Gasteiger partial charge in [-0.3, -0.25) is 9.52 Å². The molecular formula is C21H27FN4O4S. The number of hydrogen-bond donors (Lipinski definition) is 4. The average Bonchev–Trinajstić information content (AvgIpc) is 2.68. The average molecular weight is 451 g/mol. The Bertz CT molecular complexity index is 1030. The summed E-state index contributed by atoms with van der Waals surface area (Å²) in [5.41, 5.74) is 2.18. The molecule has 31 heavy (non-hydrogen) atoms. The van der Waals surface area contributed by atoms with Gasteiger partial charge in [0.1, 0.15) is 11.9 Å². The molecule has 0 aromatic heterocycles. The van der Waals surface area contributed by atoms with E-state index in [0.717, 1.165) is 11.8 Å². The van der Waals surface area contributed by atoms with E-state index in [1.54, 1.807) is 31.2 Å². The Morgan fingerprint density at radius 1 is 1.10 bits per heavy atom. The van der Waals surface area contributed by atoms with Crippen molar-refractivity contribution >= 4 is 33.3 Å². The Kier molecular flexibility index (Phi) is 8.38. The number of urea groups is 1. The molecule has 3 amide bonds. The lowest BCUT2D eigenvalue weighted by Crippen LogP contribution is -2.47. The van der Waals surface area contributed by atoms with Gasteiger partial charge in [0.05, 0.1) is 11.9 Å². The zero-order valence-corrected chi connectivity index (χ0v) is 18.5. The van der Waals surface area contributed by atoms with Crippen LogP contribution in [0.5, 0.6) is 0 Å². The molecule has 0 radical (unpaired) electrons. The van der Waals surface area contributed by atoms with Crippen LogP contribution in [-0.4, -0.2) is 32.7 Å². The Morgan fingerprint density at radius 3 is 2.39 bits per heavy atom. The first kappa shape index (κ1) is 24.1. The molecule has 0 saturated heterocycles. The van der Waals surface area contributed by atoms with Gasteiger partial charge in [0.25, 0.3) is 0 Å². The Morgan fingerprint density at radius 2 is 1.77 bits per heavy atom. The molecule has 0 heterocycles. The van der Waals surface area contributed by atoms with Crippen LogP contribution in [0.3, 0.4) is 0 Å². The predicted octanol–water partition coefficient (Wildman–Crippen LogP) is 3.11. The Labute approximate surface area is 181 Å². The number of anilines is 2. The van der Waals surface area contributed by atoms with Crippen LogP contribution < -0.4 is 20.7 Å². The van der Waals surface area contributed by atoms with Gasteiger partial charge in [-0.05, 0) is 48.7 Å². The van der Waals surface area contributed by atoms with E-state index in [9.17, 15) is 22.4 Å². The number of halogens is 1. The number of hydrogen-bond acceptors (Lipinski definition) is 4. The first-order chi connectivity index (χ1) is 14.6. The SMILES string of the molecule is CCCC(NC(=O)NCc1ccc(F)cc1)C(=O)Nc1ccc(C)c(NS(C)(=O)=O)c1. The van der Waals surface area contributed by atoms with Gasteiger partial charge in [-0.2, -0.15) is 0 Å². The van der Waals surface area contributed by atoms with Crippen molar-refractivity contribution < 1.29 is 22.4 Å². The summed E-state index contributed by atoms with van der Waals surface area (Å²) in [5, 5.41) is 7.98. The lowest BCUT2D eigenvalue weighted by atomic mass is 10.1. The summed E-state index contributed by atoms with van der Waals surface area (Å²) in [6.07, 6.45) is 2.12. The molecule has 2 rings (SSSR count). The number of nitrogens with one attached hydrogen (secondary N) is 4. The van der Waals surface area contributed by atoms with Gasteiger partial charge in [0.2, 0.25) is 15.9 Å². The molecule has 0 spiro atoms. The van der Waals surface area contributed by atoms with Crippen molar-refractivity contribution in [3.05, 3.63) is 59.4 Å². The van der Waals surface area contributed by atoms with E-state index in [1.807, 2.05) is 6.92 Å². The number of benzene rings is 2. The van der Waals surface area contributed by atoms with Crippen LogP contribution in [0.2, 0.25) is 0 Å². The quantitative estimate of drug-likeness (QED) is 0.470. The molecule has 0 aliphatic carbocycles. The molecule has 168 valence electrons. The molecule has 10 heteroatoms. The molecule has 1 atom stereocenters. The van der Waals surface area contributed by atoms with E-state index < -0.39 is 28.0 Å². The van der Waals surface area contributed by atoms with Crippen LogP contribution in [0.1, 0.15) is 30.9 Å². The topological polar surface area (TPSA) is 116 Å². The molecule has 4 N–H and O–H groups in total. The fraction of sp³-hybridized carbons (Fsp3) is 0.333. The Balaban J connectivity index is 2.00. The molecular weight excluding hydrogens is 423 g/mol. The first-order valence-electron chi connectivity index (χ1n) is 9.75. The lowest BCUT2D eigenvalue weighted by Gasteiger charge is -2.19. The lowest BCUT2D eigenvalue weighted by molar-refractivity contribution is -0.118. The van der Waals surface area contributed by atoms with E-state index in [-0.39, 0.29) is 12.4 Å². The molecule has 0 bridgehead atoms. The summed E-state index contributed by atoms with van der Waals surface area (Å²) >= 11 is 0. The number of aryl methyl sites for hydroxylation is 1. The monoisotopic (exact) mass is 450 g/mol. The number of amides is 3. The van der Waals surface area contributed by atoms with Gasteiger partial charge < -0.3 is 16.0 Å². The van der Waals surface area contributed by atoms with E-state index in [1.165, 1.54) is 18.2 Å². The van der Waals surface area contributed by atoms with Crippen molar-refractivity contribution in [2.75, 3.05) is 16.3 Å². The standard InChI is InChI=1S/C21H27FN4O4S/c1-4-5-18(25-21(28)23-13-15-7-9-16(22)10-8-15)20(27)24-17-11-6-14(2)19(12-17)26-31(3,29)30/h6-12,18,26H,4-5,13H2,1-3H3,(H,24,27)(H2,23,25,28). The normalized spacial score (nSPS) is 12.0. The minimum absolute atomic E-state index is 0.186. The van der Waals surface area contributed by atoms with Crippen LogP contribution in [-0.2, 0) is 21.4 Å². The van der Waals surface area contributed by atoms with Gasteiger partial charge in [-0.15, -0.1) is 0 Å². The van der Waals surface area contributed by atoms with E-state index in [2.05, 4.69) is 20.7 Å². The number of carbonyl (C=O) groups is 2. The summed E-state index contributed by atoms with van der Waals surface area (Å²) in [6.45, 7) is 3.81. The molecule has 2 aromatic rings. The maximum Gasteiger partial charge on any atom is 0.315 e. The highest BCUT2D eigenvalue weighted by molar-refractivity contribution is 7.92. The fourth-order valence-corrected chi connectivity index (χ4v) is 3.41. The highest BCUT2D eigenvalue weighted by Crippen LogP contribution is 2.21. The van der Waals surface area contributed by atoms with Crippen molar-refractivity contribution in [1.82, 2.24) is 10.6 Å². The van der Waals surface area contributed by atoms with Crippen molar-refractivity contribution in [1.29, 1.82) is 0 Å². The summed E-state index contributed by atoms with van der Waals surface area (Å²) in [7, 11) is -3.47. The van der Waals surface area contributed by atoms with Gasteiger partial charge >= 0.3 is 6.03 Å². The first-order valence-corrected chi connectivity index (χ1v) is 11.6. The zero-order valence-electron chi connectivity index (χ0n) is 17.7. The van der Waals surface area contributed by atoms with Crippen LogP contribution in [0.25, 0.3) is 0 Å². The molecule has 8 nitrogen and oxygen atoms in total. The molecule has 2 aromatic carbocycles. The van der Waals surface area contributed by atoms with Crippen LogP contribution >= 0.6 is 0 Å². The zero-order chi connectivity index (χ0) is 23.0. The highest BCUT2D eigenvalue weighted by atomic mass is 32.2. The van der Waals surface area contributed by atoms with Crippen LogP contribution in [0.15, 0.2) is 42.5 Å². The third-order valence-electron chi connectivity index (χ3n) is 4.37. The second-order valence-corrected chi connectivity index (χ2v) is 8.94. The van der Waals surface area contributed by atoms with Gasteiger partial charge in [0, 0.05) is 12.2 Å². The number of rotatable bonds is 9. The van der Waals surface area contributed by atoms with E-state index in [4.69, 9.17) is 0 Å².